The van der Waals surface area contributed by atoms with Crippen LogP contribution in [0.5, 0.6) is 0 Å². The first-order chi connectivity index (χ1) is 10.8. The molecule has 2 N–H and O–H groups in total. The standard InChI is InChI=1S/C18H13N3S/c19-17-15-7-3-4-8-16(15)20-18(21-17)22-14-10-9-12-5-1-2-6-13(12)11-14/h1-11H,(H2,19,20,21). The van der Waals surface area contributed by atoms with Crippen LogP contribution in [0.25, 0.3) is 21.7 Å². The average Bonchev–Trinajstić information content (AvgIpc) is 2.55. The van der Waals surface area contributed by atoms with Gasteiger partial charge in [0.15, 0.2) is 5.16 Å². The molecule has 0 bridgehead atoms. The predicted octanol–water partition coefficient (Wildman–Crippen LogP) is 4.52. The van der Waals surface area contributed by atoms with Gasteiger partial charge in [-0.2, -0.15) is 0 Å². The van der Waals surface area contributed by atoms with Crippen LogP contribution in [0.3, 0.4) is 0 Å². The van der Waals surface area contributed by atoms with E-state index in [-0.39, 0.29) is 0 Å². The van der Waals surface area contributed by atoms with Crippen LogP contribution in [-0.4, -0.2) is 9.97 Å². The quantitative estimate of drug-likeness (QED) is 0.553. The first-order valence-corrected chi connectivity index (χ1v) is 7.80. The van der Waals surface area contributed by atoms with Crippen LogP contribution < -0.4 is 5.73 Å². The molecule has 3 nitrogen and oxygen atoms in total. The van der Waals surface area contributed by atoms with E-state index in [1.54, 1.807) is 0 Å². The molecular weight excluding hydrogens is 290 g/mol. The maximum Gasteiger partial charge on any atom is 0.194 e. The van der Waals surface area contributed by atoms with Crippen LogP contribution in [0.2, 0.25) is 0 Å². The summed E-state index contributed by atoms with van der Waals surface area (Å²) in [5.74, 6) is 0.522. The van der Waals surface area contributed by atoms with Crippen LogP contribution in [0.1, 0.15) is 0 Å². The second kappa shape index (κ2) is 5.31. The Hall–Kier alpha value is -2.59. The molecule has 4 aromatic rings. The molecule has 0 saturated carbocycles. The number of aromatic nitrogens is 2. The molecule has 4 rings (SSSR count). The minimum atomic E-state index is 0.522. The minimum absolute atomic E-state index is 0.522. The third kappa shape index (κ3) is 2.38. The topological polar surface area (TPSA) is 51.8 Å². The van der Waals surface area contributed by atoms with Gasteiger partial charge in [-0.1, -0.05) is 42.5 Å². The number of hydrogen-bond donors (Lipinski definition) is 1. The molecule has 4 heteroatoms. The second-order valence-corrected chi connectivity index (χ2v) is 6.06. The van der Waals surface area contributed by atoms with E-state index >= 15 is 0 Å². The van der Waals surface area contributed by atoms with Gasteiger partial charge in [0.25, 0.3) is 0 Å². The smallest absolute Gasteiger partial charge is 0.194 e. The van der Waals surface area contributed by atoms with Crippen LogP contribution in [0.4, 0.5) is 5.82 Å². The number of fused-ring (bicyclic) bond motifs is 2. The number of para-hydroxylation sites is 1. The van der Waals surface area contributed by atoms with Gasteiger partial charge >= 0.3 is 0 Å². The molecule has 0 aliphatic heterocycles. The molecule has 22 heavy (non-hydrogen) atoms. The maximum atomic E-state index is 6.04. The number of nitrogens with zero attached hydrogens (tertiary/aromatic N) is 2. The van der Waals surface area contributed by atoms with E-state index in [2.05, 4.69) is 40.3 Å². The summed E-state index contributed by atoms with van der Waals surface area (Å²) in [6, 6.07) is 22.4. The van der Waals surface area contributed by atoms with Gasteiger partial charge in [-0.3, -0.25) is 0 Å². The van der Waals surface area contributed by atoms with Crippen molar-refractivity contribution < 1.29 is 0 Å². The number of rotatable bonds is 2. The van der Waals surface area contributed by atoms with E-state index in [0.29, 0.717) is 11.0 Å². The lowest BCUT2D eigenvalue weighted by Gasteiger charge is -2.06. The molecule has 0 amide bonds. The fraction of sp³-hybridized carbons (Fsp3) is 0. The summed E-state index contributed by atoms with van der Waals surface area (Å²) in [7, 11) is 0. The Morgan fingerprint density at radius 3 is 2.45 bits per heavy atom. The summed E-state index contributed by atoms with van der Waals surface area (Å²) < 4.78 is 0. The number of anilines is 1. The van der Waals surface area contributed by atoms with E-state index in [4.69, 9.17) is 5.73 Å². The zero-order valence-corrected chi connectivity index (χ0v) is 12.5. The molecule has 1 aromatic heterocycles. The van der Waals surface area contributed by atoms with Gasteiger partial charge in [-0.05, 0) is 46.8 Å². The highest BCUT2D eigenvalue weighted by molar-refractivity contribution is 7.99. The highest BCUT2D eigenvalue weighted by atomic mass is 32.2. The maximum absolute atomic E-state index is 6.04. The van der Waals surface area contributed by atoms with Crippen molar-refractivity contribution >= 4 is 39.3 Å². The zero-order chi connectivity index (χ0) is 14.9. The Morgan fingerprint density at radius 2 is 1.55 bits per heavy atom. The lowest BCUT2D eigenvalue weighted by atomic mass is 10.1. The first kappa shape index (κ1) is 13.1. The van der Waals surface area contributed by atoms with Crippen molar-refractivity contribution in [3.63, 3.8) is 0 Å². The lowest BCUT2D eigenvalue weighted by Crippen LogP contribution is -1.96. The summed E-state index contributed by atoms with van der Waals surface area (Å²) in [6.07, 6.45) is 0. The van der Waals surface area contributed by atoms with Crippen molar-refractivity contribution in [2.45, 2.75) is 10.1 Å². The molecule has 0 fully saturated rings. The Bertz CT molecular complexity index is 982. The molecule has 106 valence electrons. The van der Waals surface area contributed by atoms with Crippen molar-refractivity contribution in [1.29, 1.82) is 0 Å². The van der Waals surface area contributed by atoms with Crippen molar-refractivity contribution in [3.8, 4) is 0 Å². The number of nitrogen functional groups attached to an aromatic ring is 1. The van der Waals surface area contributed by atoms with E-state index < -0.39 is 0 Å². The van der Waals surface area contributed by atoms with E-state index in [1.807, 2.05) is 36.4 Å². The van der Waals surface area contributed by atoms with Gasteiger partial charge in [0.05, 0.1) is 5.52 Å². The first-order valence-electron chi connectivity index (χ1n) is 6.98. The summed E-state index contributed by atoms with van der Waals surface area (Å²) in [5, 5.41) is 4.00. The third-order valence-electron chi connectivity index (χ3n) is 3.54. The van der Waals surface area contributed by atoms with Crippen molar-refractivity contribution in [3.05, 3.63) is 66.7 Å². The fourth-order valence-corrected chi connectivity index (χ4v) is 3.28. The highest BCUT2D eigenvalue weighted by Crippen LogP contribution is 2.30. The summed E-state index contributed by atoms with van der Waals surface area (Å²) in [4.78, 5) is 10.1. The van der Waals surface area contributed by atoms with Gasteiger partial charge in [0.1, 0.15) is 5.82 Å². The summed E-state index contributed by atoms with van der Waals surface area (Å²) in [5.41, 5.74) is 6.91. The Balaban J connectivity index is 1.75. The van der Waals surface area contributed by atoms with Gasteiger partial charge in [0.2, 0.25) is 0 Å². The van der Waals surface area contributed by atoms with Crippen molar-refractivity contribution in [1.82, 2.24) is 9.97 Å². The largest absolute Gasteiger partial charge is 0.383 e. The minimum Gasteiger partial charge on any atom is -0.383 e. The SMILES string of the molecule is Nc1nc(Sc2ccc3ccccc3c2)nc2ccccc12. The predicted molar refractivity (Wildman–Crippen MR) is 92.0 cm³/mol. The summed E-state index contributed by atoms with van der Waals surface area (Å²) >= 11 is 1.53. The monoisotopic (exact) mass is 303 g/mol. The molecule has 0 radical (unpaired) electrons. The van der Waals surface area contributed by atoms with Gasteiger partial charge in [0, 0.05) is 10.3 Å². The molecule has 0 spiro atoms. The molecule has 0 unspecified atom stereocenters. The molecule has 3 aromatic carbocycles. The lowest BCUT2D eigenvalue weighted by molar-refractivity contribution is 1.01. The molecule has 0 atom stereocenters. The van der Waals surface area contributed by atoms with Crippen molar-refractivity contribution in [2.75, 3.05) is 5.73 Å². The highest BCUT2D eigenvalue weighted by Gasteiger charge is 2.07. The second-order valence-electron chi connectivity index (χ2n) is 5.02. The molecule has 0 saturated heterocycles. The Morgan fingerprint density at radius 1 is 0.773 bits per heavy atom. The van der Waals surface area contributed by atoms with E-state index in [0.717, 1.165) is 15.8 Å². The van der Waals surface area contributed by atoms with Crippen LogP contribution in [0, 0.1) is 0 Å². The van der Waals surface area contributed by atoms with Crippen molar-refractivity contribution in [2.24, 2.45) is 0 Å². The van der Waals surface area contributed by atoms with Gasteiger partial charge in [-0.15, -0.1) is 0 Å². The normalized spacial score (nSPS) is 11.1. The summed E-state index contributed by atoms with van der Waals surface area (Å²) in [6.45, 7) is 0. The Kier molecular flexibility index (Phi) is 3.16. The zero-order valence-electron chi connectivity index (χ0n) is 11.7. The average molecular weight is 303 g/mol. The number of benzene rings is 3. The molecule has 1 heterocycles. The third-order valence-corrected chi connectivity index (χ3v) is 4.40. The van der Waals surface area contributed by atoms with Crippen LogP contribution in [0.15, 0.2) is 76.8 Å². The number of hydrogen-bond acceptors (Lipinski definition) is 4. The van der Waals surface area contributed by atoms with Gasteiger partial charge in [-0.25, -0.2) is 9.97 Å². The Labute approximate surface area is 132 Å². The molecule has 0 aliphatic rings. The molecule has 0 aliphatic carbocycles. The number of nitrogens with two attached hydrogens (primary N) is 1. The van der Waals surface area contributed by atoms with Gasteiger partial charge < -0.3 is 5.73 Å². The molecular formula is C18H13N3S. The van der Waals surface area contributed by atoms with Crippen LogP contribution in [-0.2, 0) is 0 Å². The van der Waals surface area contributed by atoms with E-state index in [9.17, 15) is 0 Å². The van der Waals surface area contributed by atoms with Crippen LogP contribution >= 0.6 is 11.8 Å². The van der Waals surface area contributed by atoms with E-state index in [1.165, 1.54) is 22.5 Å². The fourth-order valence-electron chi connectivity index (χ4n) is 2.46.